The molecule has 0 aliphatic carbocycles. The van der Waals surface area contributed by atoms with Crippen molar-refractivity contribution >= 4 is 33.1 Å². The zero-order valence-corrected chi connectivity index (χ0v) is 14.5. The molecule has 0 radical (unpaired) electrons. The van der Waals surface area contributed by atoms with Crippen molar-refractivity contribution in [3.05, 3.63) is 95.2 Å². The first kappa shape index (κ1) is 16.2. The van der Waals surface area contributed by atoms with E-state index in [4.69, 9.17) is 4.42 Å². The van der Waals surface area contributed by atoms with Crippen LogP contribution in [0.3, 0.4) is 0 Å². The predicted molar refractivity (Wildman–Crippen MR) is 103 cm³/mol. The number of rotatable bonds is 4. The lowest BCUT2D eigenvalue weighted by molar-refractivity contribution is 0.0972. The molecule has 0 aliphatic heterocycles. The van der Waals surface area contributed by atoms with E-state index in [1.54, 1.807) is 12.3 Å². The molecule has 1 amide bonds. The number of aromatic hydroxyl groups is 1. The molecular formula is C21H15NO3S. The molecule has 4 rings (SSSR count). The van der Waals surface area contributed by atoms with E-state index in [9.17, 15) is 9.90 Å². The highest BCUT2D eigenvalue weighted by atomic mass is 32.1. The molecule has 4 aromatic rings. The van der Waals surface area contributed by atoms with Crippen molar-refractivity contribution in [2.45, 2.75) is 0 Å². The fraction of sp³-hybridized carbons (Fsp3) is 0. The second kappa shape index (κ2) is 6.90. The van der Waals surface area contributed by atoms with Gasteiger partial charge in [0.15, 0.2) is 11.3 Å². The van der Waals surface area contributed by atoms with Crippen LogP contribution in [0.1, 0.15) is 20.8 Å². The Morgan fingerprint density at radius 2 is 1.58 bits per heavy atom. The molecule has 0 fully saturated rings. The van der Waals surface area contributed by atoms with Crippen LogP contribution in [0, 0.1) is 0 Å². The number of amides is 1. The van der Waals surface area contributed by atoms with E-state index in [-0.39, 0.29) is 16.5 Å². The quantitative estimate of drug-likeness (QED) is 0.536. The largest absolute Gasteiger partial charge is 0.503 e. The van der Waals surface area contributed by atoms with Gasteiger partial charge in [-0.2, -0.15) is 0 Å². The van der Waals surface area contributed by atoms with E-state index in [2.05, 4.69) is 5.32 Å². The second-order valence-electron chi connectivity index (χ2n) is 5.66. The van der Waals surface area contributed by atoms with Gasteiger partial charge in [-0.25, -0.2) is 0 Å². The Labute approximate surface area is 154 Å². The van der Waals surface area contributed by atoms with Crippen LogP contribution in [0.5, 0.6) is 5.75 Å². The molecule has 5 heteroatoms. The summed E-state index contributed by atoms with van der Waals surface area (Å²) in [4.78, 5) is 12.8. The van der Waals surface area contributed by atoms with Crippen LogP contribution in [-0.2, 0) is 0 Å². The lowest BCUT2D eigenvalue weighted by Crippen LogP contribution is -2.16. The summed E-state index contributed by atoms with van der Waals surface area (Å²) in [5.74, 6) is -0.495. The average molecular weight is 361 g/mol. The summed E-state index contributed by atoms with van der Waals surface area (Å²) in [5, 5.41) is 13.0. The maximum absolute atomic E-state index is 12.6. The van der Waals surface area contributed by atoms with Gasteiger partial charge in [0.25, 0.3) is 5.91 Å². The van der Waals surface area contributed by atoms with Crippen molar-refractivity contribution in [3.63, 3.8) is 0 Å². The average Bonchev–Trinajstić information content (AvgIpc) is 3.27. The summed E-state index contributed by atoms with van der Waals surface area (Å²) < 4.78 is 5.95. The van der Waals surface area contributed by atoms with Gasteiger partial charge in [-0.1, -0.05) is 60.7 Å². The van der Waals surface area contributed by atoms with E-state index < -0.39 is 0 Å². The molecule has 26 heavy (non-hydrogen) atoms. The minimum atomic E-state index is -0.372. The Balaban J connectivity index is 1.68. The van der Waals surface area contributed by atoms with Crippen molar-refractivity contribution in [1.29, 1.82) is 0 Å². The van der Waals surface area contributed by atoms with Crippen molar-refractivity contribution in [2.75, 3.05) is 0 Å². The second-order valence-corrected chi connectivity index (χ2v) is 6.71. The molecule has 4 nitrogen and oxygen atoms in total. The fourth-order valence-electron chi connectivity index (χ4n) is 2.74. The summed E-state index contributed by atoms with van der Waals surface area (Å²) in [5.41, 5.74) is 3.21. The Kier molecular flexibility index (Phi) is 4.29. The van der Waals surface area contributed by atoms with Crippen molar-refractivity contribution < 1.29 is 14.3 Å². The van der Waals surface area contributed by atoms with Gasteiger partial charge in [0, 0.05) is 11.8 Å². The molecule has 2 aromatic carbocycles. The molecule has 0 aliphatic rings. The zero-order valence-electron chi connectivity index (χ0n) is 13.7. The number of hydrogen-bond acceptors (Lipinski definition) is 4. The van der Waals surface area contributed by atoms with E-state index >= 15 is 0 Å². The third-order valence-corrected chi connectivity index (χ3v) is 5.12. The number of carbonyl (C=O) groups excluding carboxylic acids is 1. The standard InChI is InChI=1S/C21H15NO3S/c23-18-19-17(11-12-25-19)26-20(18)21(24)22-13-16(14-7-3-1-4-8-14)15-9-5-2-6-10-15/h1-13,23H,(H,22,24). The maximum atomic E-state index is 12.6. The van der Waals surface area contributed by atoms with Crippen LogP contribution < -0.4 is 5.32 Å². The molecule has 2 N–H and O–H groups in total. The SMILES string of the molecule is O=C(NC=C(c1ccccc1)c1ccccc1)c1sc2ccoc2c1O. The molecule has 128 valence electrons. The third kappa shape index (κ3) is 3.00. The number of benzene rings is 2. The molecule has 2 heterocycles. The minimum absolute atomic E-state index is 0.123. The highest BCUT2D eigenvalue weighted by Crippen LogP contribution is 2.37. The van der Waals surface area contributed by atoms with Crippen LogP contribution in [0.25, 0.3) is 15.9 Å². The number of nitrogens with one attached hydrogen (secondary N) is 1. The Morgan fingerprint density at radius 1 is 0.962 bits per heavy atom. The van der Waals surface area contributed by atoms with Gasteiger partial charge < -0.3 is 14.8 Å². The van der Waals surface area contributed by atoms with Gasteiger partial charge >= 0.3 is 0 Å². The number of hydrogen-bond donors (Lipinski definition) is 2. The van der Waals surface area contributed by atoms with E-state index in [0.717, 1.165) is 21.4 Å². The molecule has 0 spiro atoms. The molecular weight excluding hydrogens is 346 g/mol. The lowest BCUT2D eigenvalue weighted by Gasteiger charge is -2.09. The summed E-state index contributed by atoms with van der Waals surface area (Å²) in [6, 6.07) is 21.4. The van der Waals surface area contributed by atoms with Gasteiger partial charge in [0.05, 0.1) is 11.0 Å². The Morgan fingerprint density at radius 3 is 2.15 bits per heavy atom. The molecule has 0 unspecified atom stereocenters. The van der Waals surface area contributed by atoms with Crippen LogP contribution >= 0.6 is 11.3 Å². The fourth-order valence-corrected chi connectivity index (χ4v) is 3.66. The van der Waals surface area contributed by atoms with E-state index in [1.807, 2.05) is 60.7 Å². The van der Waals surface area contributed by atoms with Crippen LogP contribution in [-0.4, -0.2) is 11.0 Å². The lowest BCUT2D eigenvalue weighted by atomic mass is 9.99. The highest BCUT2D eigenvalue weighted by molar-refractivity contribution is 7.21. The maximum Gasteiger partial charge on any atom is 0.269 e. The van der Waals surface area contributed by atoms with Crippen molar-refractivity contribution in [2.24, 2.45) is 0 Å². The van der Waals surface area contributed by atoms with Gasteiger partial charge in [-0.15, -0.1) is 11.3 Å². The number of fused-ring (bicyclic) bond motifs is 1. The monoisotopic (exact) mass is 361 g/mol. The van der Waals surface area contributed by atoms with Gasteiger partial charge in [-0.3, -0.25) is 4.79 Å². The number of carbonyl (C=O) groups is 1. The highest BCUT2D eigenvalue weighted by Gasteiger charge is 2.19. The Bertz CT molecular complexity index is 1040. The predicted octanol–water partition coefficient (Wildman–Crippen LogP) is 5.02. The first-order valence-electron chi connectivity index (χ1n) is 8.05. The number of thiophene rings is 1. The molecule has 0 saturated heterocycles. The summed E-state index contributed by atoms with van der Waals surface area (Å²) in [6.07, 6.45) is 3.17. The van der Waals surface area contributed by atoms with Crippen molar-refractivity contribution in [3.8, 4) is 5.75 Å². The molecule has 0 atom stereocenters. The topological polar surface area (TPSA) is 62.5 Å². The Hall–Kier alpha value is -3.31. The normalized spacial score (nSPS) is 10.6. The third-order valence-electron chi connectivity index (χ3n) is 3.99. The smallest absolute Gasteiger partial charge is 0.269 e. The van der Waals surface area contributed by atoms with E-state index in [1.165, 1.54) is 17.6 Å². The van der Waals surface area contributed by atoms with Gasteiger partial charge in [-0.05, 0) is 17.2 Å². The van der Waals surface area contributed by atoms with Gasteiger partial charge in [0.1, 0.15) is 4.88 Å². The summed E-state index contributed by atoms with van der Waals surface area (Å²) in [7, 11) is 0. The molecule has 0 bridgehead atoms. The minimum Gasteiger partial charge on any atom is -0.503 e. The summed E-state index contributed by atoms with van der Waals surface area (Å²) >= 11 is 1.20. The van der Waals surface area contributed by atoms with Gasteiger partial charge in [0.2, 0.25) is 0 Å². The zero-order chi connectivity index (χ0) is 17.9. The number of furan rings is 1. The van der Waals surface area contributed by atoms with Crippen LogP contribution in [0.2, 0.25) is 0 Å². The van der Waals surface area contributed by atoms with Crippen LogP contribution in [0.15, 0.2) is 83.6 Å². The molecule has 0 saturated carbocycles. The molecule has 2 aromatic heterocycles. The van der Waals surface area contributed by atoms with Crippen LogP contribution in [0.4, 0.5) is 0 Å². The summed E-state index contributed by atoms with van der Waals surface area (Å²) in [6.45, 7) is 0. The van der Waals surface area contributed by atoms with E-state index in [0.29, 0.717) is 5.58 Å². The first-order valence-corrected chi connectivity index (χ1v) is 8.86. The van der Waals surface area contributed by atoms with Crippen molar-refractivity contribution in [1.82, 2.24) is 5.32 Å². The first-order chi connectivity index (χ1) is 12.7.